The lowest BCUT2D eigenvalue weighted by Gasteiger charge is -2.37. The number of benzene rings is 4. The molecule has 6 aromatic rings. The van der Waals surface area contributed by atoms with Gasteiger partial charge in [0, 0.05) is 24.8 Å². The van der Waals surface area contributed by atoms with E-state index in [2.05, 4.69) is 119 Å². The van der Waals surface area contributed by atoms with Gasteiger partial charge in [-0.15, -0.1) is 0 Å². The third-order valence-corrected chi connectivity index (χ3v) is 6.51. The lowest BCUT2D eigenvalue weighted by molar-refractivity contribution is 0.738. The maximum atomic E-state index is 4.48. The molecule has 0 N–H and O–H groups in total. The van der Waals surface area contributed by atoms with Gasteiger partial charge in [0.15, 0.2) is 0 Å². The molecule has 4 heteroatoms. The lowest BCUT2D eigenvalue weighted by Crippen LogP contribution is -2.31. The van der Waals surface area contributed by atoms with Crippen molar-refractivity contribution in [2.45, 2.75) is 5.41 Å². The molecule has 0 spiro atoms. The molecule has 0 aliphatic rings. The number of nitrogens with zero attached hydrogens (tertiary/aromatic N) is 4. The zero-order valence-electron chi connectivity index (χ0n) is 19.1. The molecule has 0 saturated carbocycles. The van der Waals surface area contributed by atoms with Crippen LogP contribution in [-0.2, 0) is 5.41 Å². The van der Waals surface area contributed by atoms with Crippen LogP contribution in [0.1, 0.15) is 22.3 Å². The van der Waals surface area contributed by atoms with E-state index in [1.54, 1.807) is 0 Å². The van der Waals surface area contributed by atoms with Crippen LogP contribution in [0.15, 0.2) is 146 Å². The Hall–Kier alpha value is -4.70. The molecular weight excluding hydrogens is 428 g/mol. The highest BCUT2D eigenvalue weighted by atomic mass is 15.3. The van der Waals surface area contributed by atoms with Crippen molar-refractivity contribution in [1.29, 1.82) is 0 Å². The molecule has 4 aromatic carbocycles. The van der Waals surface area contributed by atoms with Crippen molar-refractivity contribution in [3.05, 3.63) is 168 Å². The summed E-state index contributed by atoms with van der Waals surface area (Å²) < 4.78 is 3.81. The quantitative estimate of drug-likeness (QED) is 0.273. The van der Waals surface area contributed by atoms with E-state index in [0.717, 1.165) is 11.4 Å². The van der Waals surface area contributed by atoms with Crippen LogP contribution in [0.5, 0.6) is 0 Å². The van der Waals surface area contributed by atoms with Crippen molar-refractivity contribution in [3.8, 4) is 11.4 Å². The van der Waals surface area contributed by atoms with E-state index < -0.39 is 5.41 Å². The van der Waals surface area contributed by atoms with Gasteiger partial charge in [0.25, 0.3) is 0 Å². The summed E-state index contributed by atoms with van der Waals surface area (Å²) in [6.45, 7) is 0. The van der Waals surface area contributed by atoms with E-state index >= 15 is 0 Å². The van der Waals surface area contributed by atoms with Crippen LogP contribution in [0.25, 0.3) is 11.4 Å². The predicted molar refractivity (Wildman–Crippen MR) is 139 cm³/mol. The second-order valence-electron chi connectivity index (χ2n) is 8.48. The van der Waals surface area contributed by atoms with Gasteiger partial charge in [0.2, 0.25) is 0 Å². The van der Waals surface area contributed by atoms with Crippen LogP contribution >= 0.6 is 0 Å². The molecule has 0 atom stereocenters. The van der Waals surface area contributed by atoms with Gasteiger partial charge >= 0.3 is 0 Å². The molecule has 168 valence electrons. The van der Waals surface area contributed by atoms with Crippen LogP contribution in [0.2, 0.25) is 0 Å². The molecule has 0 saturated heterocycles. The largest absolute Gasteiger partial charge is 0.241 e. The monoisotopic (exact) mass is 452 g/mol. The summed E-state index contributed by atoms with van der Waals surface area (Å²) in [5, 5.41) is 8.96. The summed E-state index contributed by atoms with van der Waals surface area (Å²) in [6, 6.07) is 42.7. The van der Waals surface area contributed by atoms with Crippen molar-refractivity contribution in [1.82, 2.24) is 19.6 Å². The van der Waals surface area contributed by atoms with Crippen LogP contribution in [-0.4, -0.2) is 19.6 Å². The van der Waals surface area contributed by atoms with Crippen molar-refractivity contribution >= 4 is 0 Å². The third kappa shape index (κ3) is 3.65. The first kappa shape index (κ1) is 20.9. The van der Waals surface area contributed by atoms with E-state index in [4.69, 9.17) is 0 Å². The number of hydrogen-bond donors (Lipinski definition) is 0. The minimum atomic E-state index is -0.547. The summed E-state index contributed by atoms with van der Waals surface area (Å²) in [7, 11) is 0. The first-order valence-corrected chi connectivity index (χ1v) is 11.7. The molecule has 0 radical (unpaired) electrons. The number of hydrogen-bond acceptors (Lipinski definition) is 2. The predicted octanol–water partition coefficient (Wildman–Crippen LogP) is 6.44. The Bertz CT molecular complexity index is 1400. The molecule has 0 aliphatic heterocycles. The summed E-state index contributed by atoms with van der Waals surface area (Å²) in [5.41, 5.74) is 6.22. The van der Waals surface area contributed by atoms with Crippen molar-refractivity contribution < 1.29 is 0 Å². The SMILES string of the molecule is c1ccc(C(c2ccccc2)(c2cccc(-n3cccn3)c2)c2cccc(-n3cccn3)c2)cc1. The maximum Gasteiger partial charge on any atom is 0.0703 e. The molecular formula is C31H24N4. The molecule has 0 unspecified atom stereocenters. The van der Waals surface area contributed by atoms with Gasteiger partial charge in [-0.05, 0) is 58.7 Å². The second kappa shape index (κ2) is 8.92. The van der Waals surface area contributed by atoms with E-state index in [9.17, 15) is 0 Å². The Balaban J connectivity index is 1.69. The van der Waals surface area contributed by atoms with Crippen LogP contribution in [0, 0.1) is 0 Å². The molecule has 4 nitrogen and oxygen atoms in total. The summed E-state index contributed by atoms with van der Waals surface area (Å²) in [4.78, 5) is 0. The maximum absolute atomic E-state index is 4.48. The molecule has 0 fully saturated rings. The highest BCUT2D eigenvalue weighted by molar-refractivity contribution is 5.62. The average Bonchev–Trinajstić information content (AvgIpc) is 3.66. The minimum Gasteiger partial charge on any atom is -0.241 e. The first-order chi connectivity index (χ1) is 17.4. The van der Waals surface area contributed by atoms with Crippen molar-refractivity contribution in [3.63, 3.8) is 0 Å². The third-order valence-electron chi connectivity index (χ3n) is 6.51. The molecule has 2 heterocycles. The highest BCUT2D eigenvalue weighted by Gasteiger charge is 2.38. The Labute approximate surface area is 204 Å². The van der Waals surface area contributed by atoms with Crippen molar-refractivity contribution in [2.24, 2.45) is 0 Å². The fourth-order valence-corrected chi connectivity index (χ4v) is 4.98. The Kier molecular flexibility index (Phi) is 5.32. The van der Waals surface area contributed by atoms with Crippen LogP contribution in [0.4, 0.5) is 0 Å². The minimum absolute atomic E-state index is 0.547. The highest BCUT2D eigenvalue weighted by Crippen LogP contribution is 2.45. The number of rotatable bonds is 6. The van der Waals surface area contributed by atoms with Gasteiger partial charge in [0.1, 0.15) is 0 Å². The molecule has 0 aliphatic carbocycles. The van der Waals surface area contributed by atoms with Gasteiger partial charge in [-0.1, -0.05) is 84.9 Å². The zero-order chi connectivity index (χ0) is 23.5. The van der Waals surface area contributed by atoms with Gasteiger partial charge in [-0.2, -0.15) is 10.2 Å². The normalized spacial score (nSPS) is 11.4. The summed E-state index contributed by atoms with van der Waals surface area (Å²) in [6.07, 6.45) is 7.57. The van der Waals surface area contributed by atoms with Crippen molar-refractivity contribution in [2.75, 3.05) is 0 Å². The fraction of sp³-hybridized carbons (Fsp3) is 0.0323. The summed E-state index contributed by atoms with van der Waals surface area (Å²) in [5.74, 6) is 0. The second-order valence-corrected chi connectivity index (χ2v) is 8.48. The molecule has 35 heavy (non-hydrogen) atoms. The van der Waals surface area contributed by atoms with Crippen LogP contribution < -0.4 is 0 Å². The van der Waals surface area contributed by atoms with E-state index in [1.807, 2.05) is 46.3 Å². The number of aromatic nitrogens is 4. The van der Waals surface area contributed by atoms with Gasteiger partial charge in [-0.3, -0.25) is 0 Å². The van der Waals surface area contributed by atoms with Gasteiger partial charge in [0.05, 0.1) is 16.8 Å². The topological polar surface area (TPSA) is 35.6 Å². The lowest BCUT2D eigenvalue weighted by atomic mass is 9.65. The summed E-state index contributed by atoms with van der Waals surface area (Å²) >= 11 is 0. The van der Waals surface area contributed by atoms with E-state index in [0.29, 0.717) is 0 Å². The Morgan fingerprint density at radius 3 is 1.26 bits per heavy atom. The average molecular weight is 453 g/mol. The Morgan fingerprint density at radius 2 is 0.857 bits per heavy atom. The molecule has 6 rings (SSSR count). The van der Waals surface area contributed by atoms with Crippen LogP contribution in [0.3, 0.4) is 0 Å². The van der Waals surface area contributed by atoms with Gasteiger partial charge < -0.3 is 0 Å². The van der Waals surface area contributed by atoms with E-state index in [-0.39, 0.29) is 0 Å². The molecule has 0 amide bonds. The van der Waals surface area contributed by atoms with E-state index in [1.165, 1.54) is 22.3 Å². The first-order valence-electron chi connectivity index (χ1n) is 11.7. The zero-order valence-corrected chi connectivity index (χ0v) is 19.1. The smallest absolute Gasteiger partial charge is 0.0703 e. The fourth-order valence-electron chi connectivity index (χ4n) is 4.98. The molecule has 2 aromatic heterocycles. The Morgan fingerprint density at radius 1 is 0.429 bits per heavy atom. The standard InChI is InChI=1S/C31H24N4/c1-3-11-25(12-4-1)31(26-13-5-2-6-14-26,27-15-7-17-29(23-27)34-21-9-19-32-34)28-16-8-18-30(24-28)35-22-10-20-33-35/h1-24H. The van der Waals surface area contributed by atoms with Gasteiger partial charge in [-0.25, -0.2) is 9.36 Å². The molecule has 0 bridgehead atoms.